The Balaban J connectivity index is 1.77. The Hall–Kier alpha value is -3.35. The van der Waals surface area contributed by atoms with Crippen LogP contribution < -0.4 is 10.6 Å². The van der Waals surface area contributed by atoms with Crippen LogP contribution in [0.4, 0.5) is 0 Å². The number of hydrogen-bond acceptors (Lipinski definition) is 4. The number of amides is 3. The lowest BCUT2D eigenvalue weighted by atomic mass is 9.84. The van der Waals surface area contributed by atoms with Crippen LogP contribution in [-0.2, 0) is 9.59 Å². The van der Waals surface area contributed by atoms with Crippen LogP contribution in [0.25, 0.3) is 6.08 Å². The standard InChI is InChI=1S/C23H27N3O4/c1-26(2)22(29)23(12-6-7-13-23)16-24-21(28)19(15-18-11-8-14-30-18)25-20(27)17-9-4-3-5-10-17/h3-5,8-11,14-15H,6-7,12-13,16H2,1-2H3,(H,24,28)(H,25,27). The molecule has 1 aliphatic carbocycles. The molecular formula is C23H27N3O4. The minimum absolute atomic E-state index is 0.0187. The first-order valence-electron chi connectivity index (χ1n) is 10.0. The molecule has 30 heavy (non-hydrogen) atoms. The summed E-state index contributed by atoms with van der Waals surface area (Å²) in [6, 6.07) is 12.0. The highest BCUT2D eigenvalue weighted by Crippen LogP contribution is 2.39. The average molecular weight is 409 g/mol. The molecule has 2 aromatic rings. The number of nitrogens with zero attached hydrogens (tertiary/aromatic N) is 1. The summed E-state index contributed by atoms with van der Waals surface area (Å²) in [7, 11) is 3.46. The molecular weight excluding hydrogens is 382 g/mol. The Kier molecular flexibility index (Phi) is 6.72. The Morgan fingerprint density at radius 1 is 1.07 bits per heavy atom. The summed E-state index contributed by atoms with van der Waals surface area (Å²) in [6.07, 6.45) is 6.34. The van der Waals surface area contributed by atoms with Gasteiger partial charge in [-0.1, -0.05) is 31.0 Å². The third kappa shape index (κ3) is 4.97. The molecule has 3 rings (SSSR count). The molecule has 0 unspecified atom stereocenters. The van der Waals surface area contributed by atoms with E-state index in [2.05, 4.69) is 10.6 Å². The summed E-state index contributed by atoms with van der Waals surface area (Å²) in [4.78, 5) is 39.9. The van der Waals surface area contributed by atoms with Gasteiger partial charge in [0.05, 0.1) is 11.7 Å². The van der Waals surface area contributed by atoms with Crippen LogP contribution in [-0.4, -0.2) is 43.3 Å². The van der Waals surface area contributed by atoms with E-state index in [-0.39, 0.29) is 18.1 Å². The van der Waals surface area contributed by atoms with Crippen LogP contribution in [0, 0.1) is 5.41 Å². The highest BCUT2D eigenvalue weighted by molar-refractivity contribution is 6.05. The molecule has 158 valence electrons. The average Bonchev–Trinajstić information content (AvgIpc) is 3.44. The van der Waals surface area contributed by atoms with Crippen LogP contribution >= 0.6 is 0 Å². The fourth-order valence-electron chi connectivity index (χ4n) is 3.80. The molecule has 0 bridgehead atoms. The molecule has 1 aromatic carbocycles. The summed E-state index contributed by atoms with van der Waals surface area (Å²) in [5, 5.41) is 5.53. The molecule has 0 radical (unpaired) electrons. The Labute approximate surface area is 176 Å². The number of nitrogens with one attached hydrogen (secondary N) is 2. The predicted molar refractivity (Wildman–Crippen MR) is 113 cm³/mol. The molecule has 1 aliphatic rings. The van der Waals surface area contributed by atoms with Gasteiger partial charge >= 0.3 is 0 Å². The van der Waals surface area contributed by atoms with Gasteiger partial charge in [0.15, 0.2) is 0 Å². The molecule has 0 aliphatic heterocycles. The number of carbonyl (C=O) groups is 3. The van der Waals surface area contributed by atoms with Gasteiger partial charge in [-0.15, -0.1) is 0 Å². The summed E-state index contributed by atoms with van der Waals surface area (Å²) in [5.74, 6) is -0.407. The molecule has 7 nitrogen and oxygen atoms in total. The van der Waals surface area contributed by atoms with Gasteiger partial charge in [-0.25, -0.2) is 0 Å². The third-order valence-electron chi connectivity index (χ3n) is 5.37. The Morgan fingerprint density at radius 2 is 1.77 bits per heavy atom. The number of benzene rings is 1. The fourth-order valence-corrected chi connectivity index (χ4v) is 3.80. The minimum atomic E-state index is -0.599. The SMILES string of the molecule is CN(C)C(=O)C1(CNC(=O)C(=Cc2ccco2)NC(=O)c2ccccc2)CCCC1. The van der Waals surface area contributed by atoms with E-state index in [9.17, 15) is 14.4 Å². The van der Waals surface area contributed by atoms with Crippen molar-refractivity contribution in [1.82, 2.24) is 15.5 Å². The van der Waals surface area contributed by atoms with Crippen LogP contribution in [0.2, 0.25) is 0 Å². The van der Waals surface area contributed by atoms with Crippen molar-refractivity contribution < 1.29 is 18.8 Å². The highest BCUT2D eigenvalue weighted by Gasteiger charge is 2.42. The van der Waals surface area contributed by atoms with Crippen LogP contribution in [0.15, 0.2) is 58.8 Å². The topological polar surface area (TPSA) is 91.7 Å². The smallest absolute Gasteiger partial charge is 0.267 e. The molecule has 0 atom stereocenters. The first-order valence-corrected chi connectivity index (χ1v) is 10.0. The van der Waals surface area contributed by atoms with Crippen molar-refractivity contribution in [2.45, 2.75) is 25.7 Å². The molecule has 0 spiro atoms. The lowest BCUT2D eigenvalue weighted by Crippen LogP contribution is -2.47. The van der Waals surface area contributed by atoms with Gasteiger partial charge in [0, 0.05) is 32.3 Å². The van der Waals surface area contributed by atoms with Gasteiger partial charge in [-0.05, 0) is 37.1 Å². The van der Waals surface area contributed by atoms with Crippen LogP contribution in [0.5, 0.6) is 0 Å². The monoisotopic (exact) mass is 409 g/mol. The highest BCUT2D eigenvalue weighted by atomic mass is 16.3. The van der Waals surface area contributed by atoms with Crippen molar-refractivity contribution in [2.75, 3.05) is 20.6 Å². The zero-order chi connectivity index (χ0) is 21.6. The van der Waals surface area contributed by atoms with E-state index in [0.29, 0.717) is 11.3 Å². The van der Waals surface area contributed by atoms with Gasteiger partial charge in [-0.2, -0.15) is 0 Å². The molecule has 7 heteroatoms. The van der Waals surface area contributed by atoms with Crippen molar-refractivity contribution in [3.05, 3.63) is 65.7 Å². The van der Waals surface area contributed by atoms with Crippen molar-refractivity contribution in [3.8, 4) is 0 Å². The maximum Gasteiger partial charge on any atom is 0.267 e. The van der Waals surface area contributed by atoms with E-state index in [4.69, 9.17) is 4.42 Å². The second-order valence-electron chi connectivity index (χ2n) is 7.76. The zero-order valence-electron chi connectivity index (χ0n) is 17.3. The van der Waals surface area contributed by atoms with Crippen molar-refractivity contribution >= 4 is 23.8 Å². The summed E-state index contributed by atoms with van der Waals surface area (Å²) < 4.78 is 5.30. The number of rotatable bonds is 7. The van der Waals surface area contributed by atoms with E-state index in [1.54, 1.807) is 55.4 Å². The first kappa shape index (κ1) is 21.4. The zero-order valence-corrected chi connectivity index (χ0v) is 17.3. The summed E-state index contributed by atoms with van der Waals surface area (Å²) in [5.41, 5.74) is -0.103. The molecule has 2 N–H and O–H groups in total. The fraction of sp³-hybridized carbons (Fsp3) is 0.348. The maximum atomic E-state index is 13.0. The van der Waals surface area contributed by atoms with Crippen molar-refractivity contribution in [3.63, 3.8) is 0 Å². The molecule has 1 saturated carbocycles. The maximum absolute atomic E-state index is 13.0. The molecule has 1 fully saturated rings. The lowest BCUT2D eigenvalue weighted by molar-refractivity contribution is -0.139. The van der Waals surface area contributed by atoms with Gasteiger partial charge in [0.1, 0.15) is 11.5 Å². The molecule has 1 heterocycles. The Bertz CT molecular complexity index is 911. The van der Waals surface area contributed by atoms with Crippen LogP contribution in [0.3, 0.4) is 0 Å². The number of carbonyl (C=O) groups excluding carboxylic acids is 3. The van der Waals surface area contributed by atoms with E-state index in [0.717, 1.165) is 25.7 Å². The lowest BCUT2D eigenvalue weighted by Gasteiger charge is -2.31. The van der Waals surface area contributed by atoms with E-state index in [1.807, 2.05) is 6.07 Å². The van der Waals surface area contributed by atoms with E-state index >= 15 is 0 Å². The summed E-state index contributed by atoms with van der Waals surface area (Å²) in [6.45, 7) is 0.222. The summed E-state index contributed by atoms with van der Waals surface area (Å²) >= 11 is 0. The molecule has 1 aromatic heterocycles. The minimum Gasteiger partial charge on any atom is -0.465 e. The van der Waals surface area contributed by atoms with Crippen LogP contribution in [0.1, 0.15) is 41.8 Å². The molecule has 3 amide bonds. The van der Waals surface area contributed by atoms with E-state index < -0.39 is 17.2 Å². The van der Waals surface area contributed by atoms with Gasteiger partial charge in [0.25, 0.3) is 11.8 Å². The third-order valence-corrected chi connectivity index (χ3v) is 5.37. The van der Waals surface area contributed by atoms with Crippen molar-refractivity contribution in [1.29, 1.82) is 0 Å². The van der Waals surface area contributed by atoms with Gasteiger partial charge in [0.2, 0.25) is 5.91 Å². The largest absolute Gasteiger partial charge is 0.465 e. The second-order valence-corrected chi connectivity index (χ2v) is 7.76. The van der Waals surface area contributed by atoms with E-state index in [1.165, 1.54) is 12.3 Å². The second kappa shape index (κ2) is 9.43. The van der Waals surface area contributed by atoms with Gasteiger partial charge < -0.3 is 20.0 Å². The Morgan fingerprint density at radius 3 is 2.37 bits per heavy atom. The quantitative estimate of drug-likeness (QED) is 0.688. The normalized spacial score (nSPS) is 15.5. The van der Waals surface area contributed by atoms with Crippen molar-refractivity contribution in [2.24, 2.45) is 5.41 Å². The first-order chi connectivity index (χ1) is 14.4. The number of hydrogen-bond donors (Lipinski definition) is 2. The van der Waals surface area contributed by atoms with Gasteiger partial charge in [-0.3, -0.25) is 14.4 Å². The number of furan rings is 1. The predicted octanol–water partition coefficient (Wildman–Crippen LogP) is 2.82. The molecule has 0 saturated heterocycles.